The molecule has 21 heavy (non-hydrogen) atoms. The van der Waals surface area contributed by atoms with Gasteiger partial charge in [-0.05, 0) is 31.2 Å². The van der Waals surface area contributed by atoms with Crippen LogP contribution in [0.3, 0.4) is 0 Å². The quantitative estimate of drug-likeness (QED) is 0.796. The third kappa shape index (κ3) is 3.84. The lowest BCUT2D eigenvalue weighted by atomic mass is 10.3. The molecule has 0 aliphatic carbocycles. The summed E-state index contributed by atoms with van der Waals surface area (Å²) in [6.07, 6.45) is 1.06. The van der Waals surface area contributed by atoms with Crippen LogP contribution < -0.4 is 9.62 Å². The van der Waals surface area contributed by atoms with Gasteiger partial charge in [-0.1, -0.05) is 25.1 Å². The Kier molecular flexibility index (Phi) is 5.39. The molecule has 0 saturated carbocycles. The Hall–Kier alpha value is -1.37. The summed E-state index contributed by atoms with van der Waals surface area (Å²) in [7, 11) is -1.91. The first kappa shape index (κ1) is 16.0. The summed E-state index contributed by atoms with van der Waals surface area (Å²) >= 11 is 1.47. The monoisotopic (exact) mass is 324 g/mol. The lowest BCUT2D eigenvalue weighted by Crippen LogP contribution is -2.26. The Bertz CT molecular complexity index is 666. The first-order valence-electron chi connectivity index (χ1n) is 6.88. The highest BCUT2D eigenvalue weighted by Gasteiger charge is 2.22. The molecule has 1 aromatic heterocycles. The van der Waals surface area contributed by atoms with Gasteiger partial charge < -0.3 is 5.32 Å². The van der Waals surface area contributed by atoms with Crippen LogP contribution in [0, 0.1) is 0 Å². The van der Waals surface area contributed by atoms with Crippen molar-refractivity contribution in [1.82, 2.24) is 5.32 Å². The second-order valence-corrected chi connectivity index (χ2v) is 7.70. The lowest BCUT2D eigenvalue weighted by molar-refractivity contribution is 0.594. The number of sulfonamides is 1. The van der Waals surface area contributed by atoms with Gasteiger partial charge in [0.2, 0.25) is 0 Å². The highest BCUT2D eigenvalue weighted by atomic mass is 32.2. The molecule has 4 nitrogen and oxygen atoms in total. The molecule has 114 valence electrons. The van der Waals surface area contributed by atoms with Crippen molar-refractivity contribution in [3.8, 4) is 0 Å². The minimum Gasteiger partial charge on any atom is -0.312 e. The Morgan fingerprint density at radius 3 is 2.62 bits per heavy atom. The van der Waals surface area contributed by atoms with Crippen molar-refractivity contribution in [3.05, 3.63) is 46.7 Å². The number of para-hydroxylation sites is 1. The third-order valence-electron chi connectivity index (χ3n) is 3.13. The summed E-state index contributed by atoms with van der Waals surface area (Å²) in [4.78, 5) is 1.38. The van der Waals surface area contributed by atoms with E-state index in [4.69, 9.17) is 0 Å². The van der Waals surface area contributed by atoms with E-state index in [0.29, 0.717) is 17.1 Å². The molecule has 6 heteroatoms. The number of nitrogens with zero attached hydrogens (tertiary/aromatic N) is 1. The maximum atomic E-state index is 12.6. The fourth-order valence-electron chi connectivity index (χ4n) is 1.91. The molecule has 0 radical (unpaired) electrons. The van der Waals surface area contributed by atoms with E-state index >= 15 is 0 Å². The molecule has 0 bridgehead atoms. The predicted molar refractivity (Wildman–Crippen MR) is 88.3 cm³/mol. The van der Waals surface area contributed by atoms with E-state index in [2.05, 4.69) is 12.2 Å². The second kappa shape index (κ2) is 7.06. The maximum absolute atomic E-state index is 12.6. The highest BCUT2D eigenvalue weighted by molar-refractivity contribution is 7.93. The molecule has 0 aliphatic rings. The van der Waals surface area contributed by atoms with Crippen molar-refractivity contribution >= 4 is 27.0 Å². The first-order chi connectivity index (χ1) is 10.1. The zero-order valence-electron chi connectivity index (χ0n) is 12.2. The van der Waals surface area contributed by atoms with Crippen molar-refractivity contribution in [1.29, 1.82) is 0 Å². The molecular formula is C15H20N2O2S2. The van der Waals surface area contributed by atoms with Gasteiger partial charge >= 0.3 is 0 Å². The fraction of sp³-hybridized carbons (Fsp3) is 0.333. The van der Waals surface area contributed by atoms with Gasteiger partial charge in [0, 0.05) is 23.8 Å². The van der Waals surface area contributed by atoms with Crippen LogP contribution in [0.1, 0.15) is 18.2 Å². The third-order valence-corrected chi connectivity index (χ3v) is 5.98. The van der Waals surface area contributed by atoms with Crippen LogP contribution in [-0.2, 0) is 16.6 Å². The van der Waals surface area contributed by atoms with E-state index in [1.54, 1.807) is 30.6 Å². The van der Waals surface area contributed by atoms with Gasteiger partial charge in [0.1, 0.15) is 0 Å². The lowest BCUT2D eigenvalue weighted by Gasteiger charge is -2.18. The fourth-order valence-corrected chi connectivity index (χ4v) is 4.34. The molecule has 1 heterocycles. The minimum absolute atomic E-state index is 0.354. The maximum Gasteiger partial charge on any atom is 0.264 e. The second-order valence-electron chi connectivity index (χ2n) is 4.73. The number of hydrogen-bond acceptors (Lipinski definition) is 4. The van der Waals surface area contributed by atoms with Gasteiger partial charge in [-0.2, -0.15) is 0 Å². The van der Waals surface area contributed by atoms with Crippen molar-refractivity contribution in [2.24, 2.45) is 0 Å². The summed E-state index contributed by atoms with van der Waals surface area (Å²) < 4.78 is 26.5. The summed E-state index contributed by atoms with van der Waals surface area (Å²) in [5.41, 5.74) is 0.661. The molecule has 2 rings (SSSR count). The van der Waals surface area contributed by atoms with E-state index < -0.39 is 10.0 Å². The number of hydrogen-bond donors (Lipinski definition) is 1. The van der Waals surface area contributed by atoms with Crippen LogP contribution in [0.2, 0.25) is 0 Å². The average Bonchev–Trinajstić information content (AvgIpc) is 2.97. The number of rotatable bonds is 7. The van der Waals surface area contributed by atoms with Crippen LogP contribution in [0.25, 0.3) is 0 Å². The predicted octanol–water partition coefficient (Wildman–Crippen LogP) is 3.07. The van der Waals surface area contributed by atoms with Crippen LogP contribution in [0.5, 0.6) is 0 Å². The number of benzene rings is 1. The van der Waals surface area contributed by atoms with Gasteiger partial charge in [0.15, 0.2) is 0 Å². The molecule has 0 aliphatic heterocycles. The molecule has 0 fully saturated rings. The Labute approximate surface area is 130 Å². The average molecular weight is 324 g/mol. The molecule has 0 spiro atoms. The molecule has 2 aromatic rings. The van der Waals surface area contributed by atoms with Gasteiger partial charge in [0.05, 0.1) is 10.6 Å². The van der Waals surface area contributed by atoms with E-state index in [9.17, 15) is 8.42 Å². The Morgan fingerprint density at radius 2 is 1.95 bits per heavy atom. The zero-order valence-corrected chi connectivity index (χ0v) is 13.9. The number of anilines is 1. The normalized spacial score (nSPS) is 11.5. The van der Waals surface area contributed by atoms with E-state index in [1.165, 1.54) is 15.6 Å². The molecule has 0 unspecified atom stereocenters. The van der Waals surface area contributed by atoms with Crippen molar-refractivity contribution in [2.45, 2.75) is 24.8 Å². The Morgan fingerprint density at radius 1 is 1.24 bits per heavy atom. The SMILES string of the molecule is CCCNCc1cc(S(=O)(=O)N(C)c2ccccc2)cs1. The van der Waals surface area contributed by atoms with Gasteiger partial charge in [0.25, 0.3) is 10.0 Å². The van der Waals surface area contributed by atoms with Crippen molar-refractivity contribution in [3.63, 3.8) is 0 Å². The van der Waals surface area contributed by atoms with Gasteiger partial charge in [-0.25, -0.2) is 8.42 Å². The molecule has 1 N–H and O–H groups in total. The summed E-state index contributed by atoms with van der Waals surface area (Å²) in [6.45, 7) is 3.75. The highest BCUT2D eigenvalue weighted by Crippen LogP contribution is 2.25. The van der Waals surface area contributed by atoms with Crippen LogP contribution in [-0.4, -0.2) is 22.0 Å². The van der Waals surface area contributed by atoms with Crippen LogP contribution >= 0.6 is 11.3 Å². The molecule has 0 atom stereocenters. The standard InChI is InChI=1S/C15H20N2O2S2/c1-3-9-16-11-14-10-15(12-20-14)21(18,19)17(2)13-7-5-4-6-8-13/h4-8,10,12,16H,3,9,11H2,1-2H3. The number of thiophene rings is 1. The molecule has 0 amide bonds. The smallest absolute Gasteiger partial charge is 0.264 e. The molecular weight excluding hydrogens is 304 g/mol. The van der Waals surface area contributed by atoms with Crippen molar-refractivity contribution < 1.29 is 8.42 Å². The van der Waals surface area contributed by atoms with Crippen LogP contribution in [0.4, 0.5) is 5.69 Å². The summed E-state index contributed by atoms with van der Waals surface area (Å²) in [5.74, 6) is 0. The molecule has 0 saturated heterocycles. The zero-order chi connectivity index (χ0) is 15.3. The van der Waals surface area contributed by atoms with Crippen LogP contribution in [0.15, 0.2) is 46.7 Å². The van der Waals surface area contributed by atoms with Gasteiger partial charge in [-0.3, -0.25) is 4.31 Å². The summed E-state index contributed by atoms with van der Waals surface area (Å²) in [6, 6.07) is 10.8. The first-order valence-corrected chi connectivity index (χ1v) is 9.19. The van der Waals surface area contributed by atoms with Gasteiger partial charge in [-0.15, -0.1) is 11.3 Å². The Balaban J connectivity index is 2.16. The topological polar surface area (TPSA) is 49.4 Å². The minimum atomic E-state index is -3.49. The molecule has 1 aromatic carbocycles. The van der Waals surface area contributed by atoms with E-state index in [1.807, 2.05) is 18.2 Å². The largest absolute Gasteiger partial charge is 0.312 e. The van der Waals surface area contributed by atoms with E-state index in [0.717, 1.165) is 17.8 Å². The summed E-state index contributed by atoms with van der Waals surface area (Å²) in [5, 5.41) is 4.99. The van der Waals surface area contributed by atoms with E-state index in [-0.39, 0.29) is 0 Å². The number of nitrogens with one attached hydrogen (secondary N) is 1. The van der Waals surface area contributed by atoms with Crippen molar-refractivity contribution in [2.75, 3.05) is 17.9 Å².